The van der Waals surface area contributed by atoms with Crippen molar-refractivity contribution in [2.75, 3.05) is 20.1 Å². The minimum Gasteiger partial charge on any atom is -0.462 e. The van der Waals surface area contributed by atoms with Crippen molar-refractivity contribution in [3.8, 4) is 0 Å². The second kappa shape index (κ2) is 6.51. The second-order valence-electron chi connectivity index (χ2n) is 4.76. The average molecular weight is 290 g/mol. The summed E-state index contributed by atoms with van der Waals surface area (Å²) in [5.41, 5.74) is 0. The van der Waals surface area contributed by atoms with E-state index >= 15 is 0 Å². The molecule has 1 aromatic heterocycles. The highest BCUT2D eigenvalue weighted by Gasteiger charge is 2.21. The molecular weight excluding hydrogens is 268 g/mol. The monoisotopic (exact) mass is 290 g/mol. The summed E-state index contributed by atoms with van der Waals surface area (Å²) in [7, 11) is -1.65. The zero-order chi connectivity index (χ0) is 14.6. The molecule has 0 spiro atoms. The van der Waals surface area contributed by atoms with Crippen LogP contribution in [0.25, 0.3) is 0 Å². The van der Waals surface area contributed by atoms with Crippen molar-refractivity contribution in [1.29, 1.82) is 0 Å². The Morgan fingerprint density at radius 3 is 2.58 bits per heavy atom. The largest absolute Gasteiger partial charge is 0.462 e. The maximum atomic E-state index is 12.1. The maximum absolute atomic E-state index is 12.1. The maximum Gasteiger partial charge on any atom is 0.244 e. The van der Waals surface area contributed by atoms with Crippen LogP contribution in [0, 0.1) is 6.92 Å². The van der Waals surface area contributed by atoms with Crippen LogP contribution < -0.4 is 4.72 Å². The molecule has 0 aromatic carbocycles. The molecule has 0 fully saturated rings. The van der Waals surface area contributed by atoms with Crippen LogP contribution in [0.4, 0.5) is 0 Å². The van der Waals surface area contributed by atoms with Crippen molar-refractivity contribution in [3.05, 3.63) is 17.6 Å². The van der Waals surface area contributed by atoms with Gasteiger partial charge in [-0.15, -0.1) is 0 Å². The smallest absolute Gasteiger partial charge is 0.244 e. The fraction of sp³-hybridized carbons (Fsp3) is 0.667. The molecule has 0 amide bonds. The molecule has 0 unspecified atom stereocenters. The first-order valence-electron chi connectivity index (χ1n) is 6.18. The summed E-state index contributed by atoms with van der Waals surface area (Å²) in [5, 5.41) is 8.94. The Morgan fingerprint density at radius 2 is 2.11 bits per heavy atom. The Balaban J connectivity index is 2.68. The molecule has 110 valence electrons. The van der Waals surface area contributed by atoms with Gasteiger partial charge in [0.1, 0.15) is 23.0 Å². The van der Waals surface area contributed by atoms with E-state index in [0.29, 0.717) is 19.1 Å². The molecule has 0 atom stereocenters. The van der Waals surface area contributed by atoms with E-state index in [9.17, 15) is 8.42 Å². The first kappa shape index (κ1) is 16.2. The van der Waals surface area contributed by atoms with E-state index in [-0.39, 0.29) is 23.0 Å². The van der Waals surface area contributed by atoms with Gasteiger partial charge in [-0.2, -0.15) is 0 Å². The number of hydrogen-bond acceptors (Lipinski definition) is 5. The predicted molar refractivity (Wildman–Crippen MR) is 72.3 cm³/mol. The van der Waals surface area contributed by atoms with E-state index in [1.165, 1.54) is 6.07 Å². The number of rotatable bonds is 7. The Hall–Kier alpha value is -0.890. The molecule has 0 saturated carbocycles. The van der Waals surface area contributed by atoms with Crippen LogP contribution in [0.15, 0.2) is 15.4 Å². The molecule has 7 heteroatoms. The summed E-state index contributed by atoms with van der Waals surface area (Å²) in [6, 6.07) is 1.71. The SMILES string of the molecule is Cc1oc(CO)cc1S(=O)(=O)NCCN(C)C(C)C. The highest BCUT2D eigenvalue weighted by Crippen LogP contribution is 2.19. The third-order valence-corrected chi connectivity index (χ3v) is 4.58. The standard InChI is InChI=1S/C12H22N2O4S/c1-9(2)14(4)6-5-13-19(16,17)12-7-11(8-15)18-10(12)3/h7,9,13,15H,5-6,8H2,1-4H3. The summed E-state index contributed by atoms with van der Waals surface area (Å²) in [6.07, 6.45) is 0. The number of nitrogens with one attached hydrogen (secondary N) is 1. The van der Waals surface area contributed by atoms with Gasteiger partial charge in [0.25, 0.3) is 0 Å². The summed E-state index contributed by atoms with van der Waals surface area (Å²) in [4.78, 5) is 2.13. The van der Waals surface area contributed by atoms with Crippen molar-refractivity contribution in [2.45, 2.75) is 38.3 Å². The van der Waals surface area contributed by atoms with E-state index in [1.807, 2.05) is 25.8 Å². The molecule has 0 bridgehead atoms. The van der Waals surface area contributed by atoms with Gasteiger partial charge in [-0.1, -0.05) is 0 Å². The van der Waals surface area contributed by atoms with Crippen molar-refractivity contribution >= 4 is 10.0 Å². The first-order valence-corrected chi connectivity index (χ1v) is 7.66. The highest BCUT2D eigenvalue weighted by molar-refractivity contribution is 7.89. The first-order chi connectivity index (χ1) is 8.77. The lowest BCUT2D eigenvalue weighted by Gasteiger charge is -2.20. The number of nitrogens with zero attached hydrogens (tertiary/aromatic N) is 1. The van der Waals surface area contributed by atoms with Gasteiger partial charge in [0.15, 0.2) is 0 Å². The number of aryl methyl sites for hydroxylation is 1. The van der Waals surface area contributed by atoms with E-state index in [1.54, 1.807) is 6.92 Å². The lowest BCUT2D eigenvalue weighted by Crippen LogP contribution is -2.36. The lowest BCUT2D eigenvalue weighted by atomic mass is 10.3. The third kappa shape index (κ3) is 4.31. The molecule has 0 radical (unpaired) electrons. The fourth-order valence-electron chi connectivity index (χ4n) is 1.56. The van der Waals surface area contributed by atoms with Crippen LogP contribution in [0.3, 0.4) is 0 Å². The molecule has 1 aromatic rings. The Kier molecular flexibility index (Phi) is 5.54. The molecule has 0 saturated heterocycles. The summed E-state index contributed by atoms with van der Waals surface area (Å²) in [6.45, 7) is 6.29. The Labute approximate surface area is 114 Å². The number of aliphatic hydroxyl groups is 1. The number of hydrogen-bond donors (Lipinski definition) is 2. The molecule has 0 aliphatic heterocycles. The zero-order valence-corrected chi connectivity index (χ0v) is 12.6. The normalized spacial score (nSPS) is 12.6. The summed E-state index contributed by atoms with van der Waals surface area (Å²) in [5.74, 6) is 0.533. The number of aliphatic hydroxyl groups excluding tert-OH is 1. The van der Waals surface area contributed by atoms with Gasteiger partial charge in [0.05, 0.1) is 0 Å². The second-order valence-corrected chi connectivity index (χ2v) is 6.50. The van der Waals surface area contributed by atoms with Gasteiger partial charge in [0.2, 0.25) is 10.0 Å². The van der Waals surface area contributed by atoms with E-state index < -0.39 is 10.0 Å². The van der Waals surface area contributed by atoms with Crippen molar-refractivity contribution in [3.63, 3.8) is 0 Å². The molecule has 2 N–H and O–H groups in total. The quantitative estimate of drug-likeness (QED) is 0.772. The predicted octanol–water partition coefficient (Wildman–Crippen LogP) is 0.699. The number of sulfonamides is 1. The minimum absolute atomic E-state index is 0.0868. The Bertz CT molecular complexity index is 508. The van der Waals surface area contributed by atoms with E-state index in [0.717, 1.165) is 0 Å². The van der Waals surface area contributed by atoms with Gasteiger partial charge in [-0.3, -0.25) is 0 Å². The molecule has 1 rings (SSSR count). The number of likely N-dealkylation sites (N-methyl/N-ethyl adjacent to an activating group) is 1. The fourth-order valence-corrected chi connectivity index (χ4v) is 2.78. The van der Waals surface area contributed by atoms with Gasteiger partial charge in [-0.05, 0) is 27.8 Å². The van der Waals surface area contributed by atoms with E-state index in [4.69, 9.17) is 9.52 Å². The van der Waals surface area contributed by atoms with Gasteiger partial charge in [0, 0.05) is 25.2 Å². The van der Waals surface area contributed by atoms with E-state index in [2.05, 4.69) is 4.72 Å². The van der Waals surface area contributed by atoms with Crippen LogP contribution >= 0.6 is 0 Å². The van der Waals surface area contributed by atoms with Crippen molar-refractivity contribution in [1.82, 2.24) is 9.62 Å². The van der Waals surface area contributed by atoms with Crippen LogP contribution in [0.1, 0.15) is 25.4 Å². The van der Waals surface area contributed by atoms with Crippen LogP contribution in [-0.2, 0) is 16.6 Å². The van der Waals surface area contributed by atoms with Crippen molar-refractivity contribution in [2.24, 2.45) is 0 Å². The van der Waals surface area contributed by atoms with Crippen molar-refractivity contribution < 1.29 is 17.9 Å². The molecule has 19 heavy (non-hydrogen) atoms. The summed E-state index contributed by atoms with van der Waals surface area (Å²) >= 11 is 0. The molecule has 0 aliphatic carbocycles. The molecule has 6 nitrogen and oxygen atoms in total. The highest BCUT2D eigenvalue weighted by atomic mass is 32.2. The molecule has 0 aliphatic rings. The topological polar surface area (TPSA) is 82.8 Å². The van der Waals surface area contributed by atoms with Gasteiger partial charge in [-0.25, -0.2) is 13.1 Å². The summed E-state index contributed by atoms with van der Waals surface area (Å²) < 4.78 is 31.8. The van der Waals surface area contributed by atoms with Crippen LogP contribution in [-0.4, -0.2) is 44.6 Å². The number of furan rings is 1. The third-order valence-electron chi connectivity index (χ3n) is 3.01. The minimum atomic E-state index is -3.58. The van der Waals surface area contributed by atoms with Crippen LogP contribution in [0.2, 0.25) is 0 Å². The van der Waals surface area contributed by atoms with Gasteiger partial charge >= 0.3 is 0 Å². The zero-order valence-electron chi connectivity index (χ0n) is 11.8. The average Bonchev–Trinajstić information content (AvgIpc) is 2.70. The van der Waals surface area contributed by atoms with Gasteiger partial charge < -0.3 is 14.4 Å². The Morgan fingerprint density at radius 1 is 1.47 bits per heavy atom. The molecule has 1 heterocycles. The molecular formula is C12H22N2O4S. The van der Waals surface area contributed by atoms with Crippen LogP contribution in [0.5, 0.6) is 0 Å². The lowest BCUT2D eigenvalue weighted by molar-refractivity contribution is 0.244.